The second-order valence-electron chi connectivity index (χ2n) is 5.61. The second kappa shape index (κ2) is 6.02. The molecule has 0 saturated carbocycles. The van der Waals surface area contributed by atoms with Gasteiger partial charge in [0.2, 0.25) is 0 Å². The van der Waals surface area contributed by atoms with Gasteiger partial charge in [-0.15, -0.1) is 0 Å². The molecule has 1 aliphatic rings. The number of hydrogen-bond acceptors (Lipinski definition) is 2. The highest BCUT2D eigenvalue weighted by Gasteiger charge is 2.34. The first-order chi connectivity index (χ1) is 9.04. The molecule has 106 valence electrons. The Hall–Kier alpha value is -0.930. The Morgan fingerprint density at radius 2 is 2.16 bits per heavy atom. The van der Waals surface area contributed by atoms with Crippen molar-refractivity contribution in [3.8, 4) is 0 Å². The SMILES string of the molecule is CCNC(c1c(C)cc(C)cc1F)C1OCCC1C. The van der Waals surface area contributed by atoms with Crippen LogP contribution in [0.2, 0.25) is 0 Å². The van der Waals surface area contributed by atoms with Crippen LogP contribution in [-0.4, -0.2) is 19.3 Å². The molecule has 0 aromatic heterocycles. The van der Waals surface area contributed by atoms with Crippen LogP contribution in [0.25, 0.3) is 0 Å². The molecule has 3 atom stereocenters. The fourth-order valence-corrected chi connectivity index (χ4v) is 3.07. The summed E-state index contributed by atoms with van der Waals surface area (Å²) in [5.41, 5.74) is 2.74. The number of likely N-dealkylation sites (N-methyl/N-ethyl adjacent to an activating group) is 1. The van der Waals surface area contributed by atoms with Crippen LogP contribution in [0, 0.1) is 25.6 Å². The first-order valence-corrected chi connectivity index (χ1v) is 7.16. The molecule has 2 nitrogen and oxygen atoms in total. The number of rotatable bonds is 4. The minimum atomic E-state index is -0.119. The third-order valence-electron chi connectivity index (χ3n) is 3.99. The molecule has 1 heterocycles. The molecule has 1 aliphatic heterocycles. The van der Waals surface area contributed by atoms with Gasteiger partial charge in [0, 0.05) is 12.2 Å². The van der Waals surface area contributed by atoms with Crippen molar-refractivity contribution in [2.24, 2.45) is 5.92 Å². The lowest BCUT2D eigenvalue weighted by atomic mass is 9.89. The smallest absolute Gasteiger partial charge is 0.128 e. The van der Waals surface area contributed by atoms with E-state index >= 15 is 0 Å². The van der Waals surface area contributed by atoms with E-state index < -0.39 is 0 Å². The van der Waals surface area contributed by atoms with Crippen LogP contribution in [0.3, 0.4) is 0 Å². The zero-order valence-electron chi connectivity index (χ0n) is 12.3. The second-order valence-corrected chi connectivity index (χ2v) is 5.61. The van der Waals surface area contributed by atoms with Crippen molar-refractivity contribution in [2.45, 2.75) is 46.3 Å². The Morgan fingerprint density at radius 1 is 1.42 bits per heavy atom. The fourth-order valence-electron chi connectivity index (χ4n) is 3.07. The lowest BCUT2D eigenvalue weighted by Crippen LogP contribution is -2.35. The van der Waals surface area contributed by atoms with Gasteiger partial charge in [0.25, 0.3) is 0 Å². The largest absolute Gasteiger partial charge is 0.376 e. The van der Waals surface area contributed by atoms with Crippen molar-refractivity contribution < 1.29 is 9.13 Å². The molecule has 1 N–H and O–H groups in total. The maximum absolute atomic E-state index is 14.4. The molecule has 2 rings (SSSR count). The number of hydrogen-bond donors (Lipinski definition) is 1. The lowest BCUT2D eigenvalue weighted by molar-refractivity contribution is 0.0599. The van der Waals surface area contributed by atoms with E-state index in [2.05, 4.69) is 12.2 Å². The number of nitrogens with one attached hydrogen (secondary N) is 1. The summed E-state index contributed by atoms with van der Waals surface area (Å²) in [5, 5.41) is 3.41. The molecule has 1 fully saturated rings. The Balaban J connectivity index is 2.38. The molecule has 0 amide bonds. The molecule has 1 aromatic rings. The van der Waals surface area contributed by atoms with Gasteiger partial charge in [0.15, 0.2) is 0 Å². The van der Waals surface area contributed by atoms with Crippen LogP contribution in [0.4, 0.5) is 4.39 Å². The van der Waals surface area contributed by atoms with Crippen molar-refractivity contribution in [2.75, 3.05) is 13.2 Å². The summed E-state index contributed by atoms with van der Waals surface area (Å²) in [6.45, 7) is 9.73. The first-order valence-electron chi connectivity index (χ1n) is 7.16. The zero-order chi connectivity index (χ0) is 14.0. The summed E-state index contributed by atoms with van der Waals surface area (Å²) in [6.07, 6.45) is 1.12. The van der Waals surface area contributed by atoms with E-state index in [-0.39, 0.29) is 18.0 Å². The topological polar surface area (TPSA) is 21.3 Å². The van der Waals surface area contributed by atoms with Crippen LogP contribution >= 0.6 is 0 Å². The minimum absolute atomic E-state index is 0.0527. The van der Waals surface area contributed by atoms with Crippen molar-refractivity contribution in [1.29, 1.82) is 0 Å². The summed E-state index contributed by atoms with van der Waals surface area (Å²) in [6, 6.07) is 3.61. The lowest BCUT2D eigenvalue weighted by Gasteiger charge is -2.29. The van der Waals surface area contributed by atoms with Crippen molar-refractivity contribution in [3.05, 3.63) is 34.6 Å². The fraction of sp³-hybridized carbons (Fsp3) is 0.625. The van der Waals surface area contributed by atoms with Gasteiger partial charge in [-0.2, -0.15) is 0 Å². The quantitative estimate of drug-likeness (QED) is 0.899. The van der Waals surface area contributed by atoms with Crippen LogP contribution in [-0.2, 0) is 4.74 Å². The molecule has 0 aliphatic carbocycles. The van der Waals surface area contributed by atoms with Gasteiger partial charge in [0.1, 0.15) is 5.82 Å². The van der Waals surface area contributed by atoms with Gasteiger partial charge in [-0.05, 0) is 49.9 Å². The van der Waals surface area contributed by atoms with E-state index in [9.17, 15) is 4.39 Å². The first kappa shape index (κ1) is 14.5. The molecule has 0 spiro atoms. The third kappa shape index (κ3) is 2.98. The van der Waals surface area contributed by atoms with Gasteiger partial charge in [-0.25, -0.2) is 4.39 Å². The summed E-state index contributed by atoms with van der Waals surface area (Å²) in [7, 11) is 0. The standard InChI is InChI=1S/C16H24FNO/c1-5-18-15(16-11(3)6-7-19-16)14-12(4)8-10(2)9-13(14)17/h8-9,11,15-16,18H,5-7H2,1-4H3. The number of benzene rings is 1. The molecule has 3 heteroatoms. The number of halogens is 1. The number of ether oxygens (including phenoxy) is 1. The van der Waals surface area contributed by atoms with Crippen LogP contribution < -0.4 is 5.32 Å². The van der Waals surface area contributed by atoms with Crippen LogP contribution in [0.15, 0.2) is 12.1 Å². The predicted molar refractivity (Wildman–Crippen MR) is 75.8 cm³/mol. The van der Waals surface area contributed by atoms with E-state index in [1.807, 2.05) is 26.8 Å². The third-order valence-corrected chi connectivity index (χ3v) is 3.99. The summed E-state index contributed by atoms with van der Waals surface area (Å²) >= 11 is 0. The molecule has 19 heavy (non-hydrogen) atoms. The van der Waals surface area contributed by atoms with Gasteiger partial charge >= 0.3 is 0 Å². The van der Waals surface area contributed by atoms with Gasteiger partial charge in [-0.3, -0.25) is 0 Å². The van der Waals surface area contributed by atoms with Crippen molar-refractivity contribution >= 4 is 0 Å². The van der Waals surface area contributed by atoms with Crippen LogP contribution in [0.5, 0.6) is 0 Å². The van der Waals surface area contributed by atoms with Crippen LogP contribution in [0.1, 0.15) is 43.0 Å². The number of aryl methyl sites for hydroxylation is 2. The summed E-state index contributed by atoms with van der Waals surface area (Å²) in [5.74, 6) is 0.343. The summed E-state index contributed by atoms with van der Waals surface area (Å²) < 4.78 is 20.2. The molecule has 3 unspecified atom stereocenters. The maximum Gasteiger partial charge on any atom is 0.128 e. The highest BCUT2D eigenvalue weighted by Crippen LogP contribution is 2.34. The van der Waals surface area contributed by atoms with Gasteiger partial charge in [-0.1, -0.05) is 19.9 Å². The molecule has 1 aromatic carbocycles. The molecular weight excluding hydrogens is 241 g/mol. The monoisotopic (exact) mass is 265 g/mol. The zero-order valence-corrected chi connectivity index (χ0v) is 12.3. The van der Waals surface area contributed by atoms with Crippen molar-refractivity contribution in [3.63, 3.8) is 0 Å². The van der Waals surface area contributed by atoms with E-state index in [1.165, 1.54) is 0 Å². The minimum Gasteiger partial charge on any atom is -0.376 e. The van der Waals surface area contributed by atoms with Crippen molar-refractivity contribution in [1.82, 2.24) is 5.32 Å². The average molecular weight is 265 g/mol. The average Bonchev–Trinajstić information content (AvgIpc) is 2.73. The molecule has 1 saturated heterocycles. The Morgan fingerprint density at radius 3 is 2.68 bits per heavy atom. The Labute approximate surface area is 115 Å². The van der Waals surface area contributed by atoms with E-state index in [0.717, 1.165) is 36.3 Å². The summed E-state index contributed by atoms with van der Waals surface area (Å²) in [4.78, 5) is 0. The highest BCUT2D eigenvalue weighted by atomic mass is 19.1. The molecule has 0 bridgehead atoms. The highest BCUT2D eigenvalue weighted by molar-refractivity contribution is 5.35. The van der Waals surface area contributed by atoms with Gasteiger partial charge < -0.3 is 10.1 Å². The Kier molecular flexibility index (Phi) is 4.58. The van der Waals surface area contributed by atoms with E-state index in [4.69, 9.17) is 4.74 Å². The Bertz CT molecular complexity index is 423. The van der Waals surface area contributed by atoms with E-state index in [0.29, 0.717) is 5.92 Å². The molecular formula is C16H24FNO. The predicted octanol–water partition coefficient (Wildman–Crippen LogP) is 3.52. The normalized spacial score (nSPS) is 24.7. The van der Waals surface area contributed by atoms with E-state index in [1.54, 1.807) is 6.07 Å². The van der Waals surface area contributed by atoms with Gasteiger partial charge in [0.05, 0.1) is 12.1 Å². The molecule has 0 radical (unpaired) electrons. The maximum atomic E-state index is 14.4.